The van der Waals surface area contributed by atoms with E-state index in [4.69, 9.17) is 9.47 Å². The summed E-state index contributed by atoms with van der Waals surface area (Å²) in [6, 6.07) is 10.0. The normalized spacial score (nSPS) is 36.6. The van der Waals surface area contributed by atoms with Crippen LogP contribution in [0.1, 0.15) is 31.7 Å². The number of allylic oxidation sites excluding steroid dienone is 1. The maximum atomic E-state index is 10.1. The van der Waals surface area contributed by atoms with Gasteiger partial charge < -0.3 is 14.6 Å². The van der Waals surface area contributed by atoms with Crippen LogP contribution in [0.15, 0.2) is 42.5 Å². The van der Waals surface area contributed by atoms with E-state index in [2.05, 4.69) is 19.1 Å². The molecule has 0 saturated carbocycles. The standard InChI is InChI=1S/C17H22O3/c1-13-7-9-17(10-8-13)11-15(16(18)20-17)19-12-14-5-3-2-4-6-14/h2-7,9,13,15-16,18H,8,10-12H2,1H3. The molecule has 1 heterocycles. The molecule has 0 aromatic heterocycles. The summed E-state index contributed by atoms with van der Waals surface area (Å²) in [7, 11) is 0. The first-order valence-corrected chi connectivity index (χ1v) is 7.38. The quantitative estimate of drug-likeness (QED) is 0.861. The van der Waals surface area contributed by atoms with Crippen molar-refractivity contribution in [3.8, 4) is 0 Å². The maximum absolute atomic E-state index is 10.1. The Kier molecular flexibility index (Phi) is 3.92. The van der Waals surface area contributed by atoms with Gasteiger partial charge in [-0.05, 0) is 24.3 Å². The molecule has 3 nitrogen and oxygen atoms in total. The lowest BCUT2D eigenvalue weighted by atomic mass is 9.84. The first-order chi connectivity index (χ1) is 9.67. The lowest BCUT2D eigenvalue weighted by Crippen LogP contribution is -2.29. The number of hydrogen-bond donors (Lipinski definition) is 1. The molecule has 4 atom stereocenters. The van der Waals surface area contributed by atoms with Crippen LogP contribution in [0.25, 0.3) is 0 Å². The van der Waals surface area contributed by atoms with E-state index in [1.165, 1.54) is 0 Å². The molecule has 1 spiro atoms. The number of benzene rings is 1. The van der Waals surface area contributed by atoms with Crippen LogP contribution in [-0.2, 0) is 16.1 Å². The molecule has 1 saturated heterocycles. The maximum Gasteiger partial charge on any atom is 0.182 e. The number of hydrogen-bond acceptors (Lipinski definition) is 3. The molecule has 1 aromatic carbocycles. The fraction of sp³-hybridized carbons (Fsp3) is 0.529. The minimum atomic E-state index is -0.822. The van der Waals surface area contributed by atoms with Gasteiger partial charge in [-0.15, -0.1) is 0 Å². The van der Waals surface area contributed by atoms with E-state index in [1.807, 2.05) is 30.3 Å². The van der Waals surface area contributed by atoms with E-state index in [0.717, 1.165) is 24.8 Å². The summed E-state index contributed by atoms with van der Waals surface area (Å²) in [4.78, 5) is 0. The van der Waals surface area contributed by atoms with Gasteiger partial charge in [0.05, 0.1) is 12.2 Å². The highest BCUT2D eigenvalue weighted by molar-refractivity contribution is 5.14. The van der Waals surface area contributed by atoms with Gasteiger partial charge in [-0.3, -0.25) is 0 Å². The summed E-state index contributed by atoms with van der Waals surface area (Å²) < 4.78 is 11.6. The average Bonchev–Trinajstić information content (AvgIpc) is 2.78. The predicted molar refractivity (Wildman–Crippen MR) is 77.0 cm³/mol. The van der Waals surface area contributed by atoms with Crippen molar-refractivity contribution in [2.45, 2.75) is 50.8 Å². The fourth-order valence-electron chi connectivity index (χ4n) is 2.98. The minimum absolute atomic E-state index is 0.242. The van der Waals surface area contributed by atoms with Gasteiger partial charge in [-0.25, -0.2) is 0 Å². The van der Waals surface area contributed by atoms with Crippen molar-refractivity contribution in [2.24, 2.45) is 5.92 Å². The monoisotopic (exact) mass is 274 g/mol. The summed E-state index contributed by atoms with van der Waals surface area (Å²) >= 11 is 0. The summed E-state index contributed by atoms with van der Waals surface area (Å²) in [5, 5.41) is 10.1. The van der Waals surface area contributed by atoms with Crippen molar-refractivity contribution in [2.75, 3.05) is 0 Å². The Bertz CT molecular complexity index is 470. The van der Waals surface area contributed by atoms with Crippen molar-refractivity contribution in [1.29, 1.82) is 0 Å². The number of aliphatic hydroxyl groups is 1. The van der Waals surface area contributed by atoms with Crippen molar-refractivity contribution < 1.29 is 14.6 Å². The predicted octanol–water partition coefficient (Wildman–Crippen LogP) is 3.04. The number of ether oxygens (including phenoxy) is 2. The van der Waals surface area contributed by atoms with Gasteiger partial charge >= 0.3 is 0 Å². The average molecular weight is 274 g/mol. The van der Waals surface area contributed by atoms with Gasteiger partial charge in [0.2, 0.25) is 0 Å². The SMILES string of the molecule is CC1C=CC2(CC1)CC(OCc1ccccc1)C(O)O2. The summed E-state index contributed by atoms with van der Waals surface area (Å²) in [5.74, 6) is 0.602. The third kappa shape index (κ3) is 2.95. The Labute approximate surface area is 120 Å². The molecular weight excluding hydrogens is 252 g/mol. The lowest BCUT2D eigenvalue weighted by Gasteiger charge is -2.29. The van der Waals surface area contributed by atoms with Gasteiger partial charge in [0, 0.05) is 6.42 Å². The molecule has 0 bridgehead atoms. The smallest absolute Gasteiger partial charge is 0.182 e. The topological polar surface area (TPSA) is 38.7 Å². The van der Waals surface area contributed by atoms with Crippen LogP contribution < -0.4 is 0 Å². The second kappa shape index (κ2) is 5.68. The highest BCUT2D eigenvalue weighted by atomic mass is 16.7. The first-order valence-electron chi connectivity index (χ1n) is 7.38. The first kappa shape index (κ1) is 13.8. The van der Waals surface area contributed by atoms with Crippen molar-refractivity contribution in [3.63, 3.8) is 0 Å². The van der Waals surface area contributed by atoms with Gasteiger partial charge in [-0.1, -0.05) is 49.4 Å². The molecule has 2 aliphatic rings. The Morgan fingerprint density at radius 3 is 2.85 bits per heavy atom. The molecule has 4 unspecified atom stereocenters. The van der Waals surface area contributed by atoms with Crippen LogP contribution in [0.5, 0.6) is 0 Å². The van der Waals surface area contributed by atoms with Crippen molar-refractivity contribution in [3.05, 3.63) is 48.0 Å². The van der Waals surface area contributed by atoms with Gasteiger partial charge in [0.1, 0.15) is 6.10 Å². The Morgan fingerprint density at radius 2 is 2.15 bits per heavy atom. The minimum Gasteiger partial charge on any atom is -0.368 e. The van der Waals surface area contributed by atoms with Crippen LogP contribution in [0.3, 0.4) is 0 Å². The molecule has 1 aliphatic carbocycles. The van der Waals surface area contributed by atoms with Crippen LogP contribution >= 0.6 is 0 Å². The molecule has 1 N–H and O–H groups in total. The highest BCUT2D eigenvalue weighted by Gasteiger charge is 2.45. The van der Waals surface area contributed by atoms with E-state index < -0.39 is 6.29 Å². The van der Waals surface area contributed by atoms with Gasteiger partial charge in [0.25, 0.3) is 0 Å². The van der Waals surface area contributed by atoms with E-state index in [0.29, 0.717) is 12.5 Å². The molecule has 20 heavy (non-hydrogen) atoms. The highest BCUT2D eigenvalue weighted by Crippen LogP contribution is 2.40. The van der Waals surface area contributed by atoms with Crippen LogP contribution in [0.2, 0.25) is 0 Å². The van der Waals surface area contributed by atoms with Crippen LogP contribution in [0, 0.1) is 5.92 Å². The Balaban J connectivity index is 1.60. The van der Waals surface area contributed by atoms with E-state index in [1.54, 1.807) is 0 Å². The summed E-state index contributed by atoms with van der Waals surface area (Å²) in [6.07, 6.45) is 6.06. The van der Waals surface area contributed by atoms with E-state index >= 15 is 0 Å². The molecule has 1 fully saturated rings. The third-order valence-corrected chi connectivity index (χ3v) is 4.28. The van der Waals surface area contributed by atoms with Crippen molar-refractivity contribution in [1.82, 2.24) is 0 Å². The number of aliphatic hydroxyl groups excluding tert-OH is 1. The zero-order chi connectivity index (χ0) is 14.0. The largest absolute Gasteiger partial charge is 0.368 e. The second-order valence-electron chi connectivity index (χ2n) is 5.99. The Morgan fingerprint density at radius 1 is 1.35 bits per heavy atom. The molecule has 0 amide bonds. The third-order valence-electron chi connectivity index (χ3n) is 4.28. The Hall–Kier alpha value is -1.16. The molecule has 3 heteroatoms. The van der Waals surface area contributed by atoms with Crippen LogP contribution in [0.4, 0.5) is 0 Å². The zero-order valence-corrected chi connectivity index (χ0v) is 11.9. The number of rotatable bonds is 3. The summed E-state index contributed by atoms with van der Waals surface area (Å²) in [5.41, 5.74) is 0.807. The molecule has 108 valence electrons. The molecule has 3 rings (SSSR count). The van der Waals surface area contributed by atoms with E-state index in [9.17, 15) is 5.11 Å². The lowest BCUT2D eigenvalue weighted by molar-refractivity contribution is -0.161. The fourth-order valence-corrected chi connectivity index (χ4v) is 2.98. The molecule has 1 aromatic rings. The van der Waals surface area contributed by atoms with Crippen LogP contribution in [-0.4, -0.2) is 23.1 Å². The van der Waals surface area contributed by atoms with E-state index in [-0.39, 0.29) is 11.7 Å². The summed E-state index contributed by atoms with van der Waals surface area (Å²) in [6.45, 7) is 2.72. The zero-order valence-electron chi connectivity index (χ0n) is 11.9. The molecule has 1 aliphatic heterocycles. The second-order valence-corrected chi connectivity index (χ2v) is 5.99. The van der Waals surface area contributed by atoms with Gasteiger partial charge in [-0.2, -0.15) is 0 Å². The molecule has 0 radical (unpaired) electrons. The van der Waals surface area contributed by atoms with Gasteiger partial charge in [0.15, 0.2) is 6.29 Å². The van der Waals surface area contributed by atoms with Crippen molar-refractivity contribution >= 4 is 0 Å². The molecular formula is C17H22O3.